The van der Waals surface area contributed by atoms with Gasteiger partial charge in [-0.2, -0.15) is 0 Å². The van der Waals surface area contributed by atoms with Crippen LogP contribution >= 0.6 is 0 Å². The van der Waals surface area contributed by atoms with Crippen molar-refractivity contribution in [3.8, 4) is 0 Å². The number of hydrogen-bond acceptors (Lipinski definition) is 3. The highest BCUT2D eigenvalue weighted by atomic mass is 16.1. The molecule has 0 saturated carbocycles. The van der Waals surface area contributed by atoms with E-state index in [1.807, 2.05) is 16.7 Å². The zero-order valence-electron chi connectivity index (χ0n) is 14.9. The topological polar surface area (TPSA) is 65.3 Å². The third kappa shape index (κ3) is 3.08. The van der Waals surface area contributed by atoms with E-state index in [1.165, 1.54) is 0 Å². The van der Waals surface area contributed by atoms with Gasteiger partial charge in [0.15, 0.2) is 5.49 Å². The zero-order chi connectivity index (χ0) is 17.5. The molecule has 1 aromatic heterocycles. The van der Waals surface area contributed by atoms with Crippen LogP contribution < -0.4 is 22.3 Å². The molecular formula is C19H28N4O. The Labute approximate surface area is 143 Å². The summed E-state index contributed by atoms with van der Waals surface area (Å²) in [6, 6.07) is 8.27. The van der Waals surface area contributed by atoms with Crippen LogP contribution in [0.3, 0.4) is 0 Å². The SMILES string of the molecule is Cn1c2c(n(CC(C)(C)C)c1=O)=CCC(c1cccc(CN)c1)N=2.[HH]. The summed E-state index contributed by atoms with van der Waals surface area (Å²) in [5.74, 6) is 0. The highest BCUT2D eigenvalue weighted by molar-refractivity contribution is 5.32. The first kappa shape index (κ1) is 16.7. The van der Waals surface area contributed by atoms with Crippen LogP contribution in [0.1, 0.15) is 45.8 Å². The highest BCUT2D eigenvalue weighted by Crippen LogP contribution is 2.23. The summed E-state index contributed by atoms with van der Waals surface area (Å²) in [5.41, 5.74) is 8.82. The van der Waals surface area contributed by atoms with E-state index >= 15 is 0 Å². The van der Waals surface area contributed by atoms with Gasteiger partial charge in [-0.15, -0.1) is 0 Å². The van der Waals surface area contributed by atoms with Crippen LogP contribution in [0, 0.1) is 5.41 Å². The maximum Gasteiger partial charge on any atom is 0.330 e. The Kier molecular flexibility index (Phi) is 4.22. The Morgan fingerprint density at radius 2 is 2.12 bits per heavy atom. The highest BCUT2D eigenvalue weighted by Gasteiger charge is 2.20. The van der Waals surface area contributed by atoms with Crippen LogP contribution in [0.15, 0.2) is 34.1 Å². The summed E-state index contributed by atoms with van der Waals surface area (Å²) in [7, 11) is 1.80. The molecule has 5 nitrogen and oxygen atoms in total. The van der Waals surface area contributed by atoms with Crippen LogP contribution in [0.5, 0.6) is 0 Å². The van der Waals surface area contributed by atoms with Crippen molar-refractivity contribution in [3.05, 3.63) is 56.7 Å². The van der Waals surface area contributed by atoms with Gasteiger partial charge >= 0.3 is 5.69 Å². The fraction of sp³-hybridized carbons (Fsp3) is 0.474. The normalized spacial score (nSPS) is 17.1. The van der Waals surface area contributed by atoms with Crippen molar-refractivity contribution >= 4 is 6.08 Å². The van der Waals surface area contributed by atoms with Crippen molar-refractivity contribution in [3.63, 3.8) is 0 Å². The van der Waals surface area contributed by atoms with Crippen LogP contribution in [0.25, 0.3) is 6.08 Å². The number of imidazole rings is 1. The Balaban J connectivity index is 0.00000225. The lowest BCUT2D eigenvalue weighted by Gasteiger charge is -2.19. The quantitative estimate of drug-likeness (QED) is 0.927. The molecule has 2 N–H and O–H groups in total. The first-order valence-corrected chi connectivity index (χ1v) is 8.42. The van der Waals surface area contributed by atoms with E-state index in [4.69, 9.17) is 10.7 Å². The van der Waals surface area contributed by atoms with Gasteiger partial charge in [-0.05, 0) is 23.0 Å². The number of fused-ring (bicyclic) bond motifs is 1. The molecule has 0 saturated heterocycles. The van der Waals surface area contributed by atoms with Crippen molar-refractivity contribution in [2.45, 2.75) is 46.3 Å². The van der Waals surface area contributed by atoms with E-state index < -0.39 is 0 Å². The maximum absolute atomic E-state index is 12.6. The number of nitrogens with two attached hydrogens (primary N) is 1. The lowest BCUT2D eigenvalue weighted by atomic mass is 9.97. The lowest BCUT2D eigenvalue weighted by Crippen LogP contribution is -2.38. The van der Waals surface area contributed by atoms with E-state index in [0.29, 0.717) is 13.1 Å². The molecule has 0 bridgehead atoms. The molecule has 1 aliphatic rings. The van der Waals surface area contributed by atoms with Gasteiger partial charge in [0.25, 0.3) is 0 Å². The second-order valence-corrected chi connectivity index (χ2v) is 7.73. The van der Waals surface area contributed by atoms with Gasteiger partial charge in [-0.1, -0.05) is 51.1 Å². The van der Waals surface area contributed by atoms with Gasteiger partial charge in [0.1, 0.15) is 0 Å². The number of rotatable bonds is 3. The number of nitrogens with zero attached hydrogens (tertiary/aromatic N) is 3. The first-order valence-electron chi connectivity index (χ1n) is 8.42. The fourth-order valence-corrected chi connectivity index (χ4v) is 3.21. The van der Waals surface area contributed by atoms with Crippen molar-refractivity contribution in [2.24, 2.45) is 23.2 Å². The predicted octanol–water partition coefficient (Wildman–Crippen LogP) is 1.48. The molecule has 1 aliphatic heterocycles. The summed E-state index contributed by atoms with van der Waals surface area (Å²) >= 11 is 0. The summed E-state index contributed by atoms with van der Waals surface area (Å²) in [6.45, 7) is 7.63. The molecule has 2 heterocycles. The molecule has 1 aromatic carbocycles. The Morgan fingerprint density at radius 3 is 2.79 bits per heavy atom. The van der Waals surface area contributed by atoms with Crippen molar-refractivity contribution in [2.75, 3.05) is 0 Å². The molecule has 5 heteroatoms. The van der Waals surface area contributed by atoms with Gasteiger partial charge in [0.2, 0.25) is 0 Å². The minimum Gasteiger partial charge on any atom is -0.326 e. The second kappa shape index (κ2) is 6.06. The number of hydrogen-bond donors (Lipinski definition) is 1. The fourth-order valence-electron chi connectivity index (χ4n) is 3.21. The van der Waals surface area contributed by atoms with Crippen LogP contribution in [0.2, 0.25) is 0 Å². The Hall–Kier alpha value is -2.14. The molecule has 0 amide bonds. The monoisotopic (exact) mass is 328 g/mol. The summed E-state index contributed by atoms with van der Waals surface area (Å²) in [4.78, 5) is 17.5. The number of aromatic nitrogens is 2. The zero-order valence-corrected chi connectivity index (χ0v) is 14.9. The summed E-state index contributed by atoms with van der Waals surface area (Å²) in [5, 5.41) is 0.948. The van der Waals surface area contributed by atoms with E-state index in [2.05, 4.69) is 39.0 Å². The van der Waals surface area contributed by atoms with Crippen LogP contribution in [0.4, 0.5) is 0 Å². The van der Waals surface area contributed by atoms with Crippen molar-refractivity contribution < 1.29 is 1.43 Å². The predicted molar refractivity (Wildman–Crippen MR) is 98.2 cm³/mol. The average molecular weight is 328 g/mol. The van der Waals surface area contributed by atoms with E-state index in [0.717, 1.165) is 28.4 Å². The van der Waals surface area contributed by atoms with Crippen molar-refractivity contribution in [1.29, 1.82) is 0 Å². The molecule has 0 spiro atoms. The molecule has 2 aromatic rings. The Morgan fingerprint density at radius 1 is 1.38 bits per heavy atom. The standard InChI is InChI=1S/C19H26N4O.H2/c1-19(2,3)12-23-16-9-8-15(21-17(16)22(4)18(23)24)14-7-5-6-13(10-14)11-20;/h5-7,9-10,15H,8,11-12,20H2,1-4H3;1H. The molecule has 3 rings (SSSR count). The molecule has 1 unspecified atom stereocenters. The molecule has 0 radical (unpaired) electrons. The third-order valence-corrected chi connectivity index (χ3v) is 4.37. The van der Waals surface area contributed by atoms with E-state index in [-0.39, 0.29) is 18.6 Å². The maximum atomic E-state index is 12.6. The van der Waals surface area contributed by atoms with E-state index in [1.54, 1.807) is 11.6 Å². The minimum absolute atomic E-state index is 0. The third-order valence-electron chi connectivity index (χ3n) is 4.37. The molecule has 0 fully saturated rings. The molecule has 0 aliphatic carbocycles. The van der Waals surface area contributed by atoms with Crippen molar-refractivity contribution in [1.82, 2.24) is 9.13 Å². The summed E-state index contributed by atoms with van der Waals surface area (Å²) < 4.78 is 3.52. The molecule has 1 atom stereocenters. The molecular weight excluding hydrogens is 300 g/mol. The van der Waals surface area contributed by atoms with Gasteiger partial charge in [-0.25, -0.2) is 4.79 Å². The average Bonchev–Trinajstić information content (AvgIpc) is 2.78. The van der Waals surface area contributed by atoms with Gasteiger partial charge in [-0.3, -0.25) is 14.1 Å². The smallest absolute Gasteiger partial charge is 0.326 e. The van der Waals surface area contributed by atoms with Crippen LogP contribution in [-0.2, 0) is 20.1 Å². The van der Waals surface area contributed by atoms with Gasteiger partial charge in [0, 0.05) is 21.6 Å². The first-order chi connectivity index (χ1) is 11.3. The Bertz CT molecular complexity index is 934. The minimum atomic E-state index is 0. The van der Waals surface area contributed by atoms with Gasteiger partial charge in [0.05, 0.1) is 11.4 Å². The molecule has 24 heavy (non-hydrogen) atoms. The van der Waals surface area contributed by atoms with Crippen LogP contribution in [-0.4, -0.2) is 9.13 Å². The number of benzene rings is 1. The summed E-state index contributed by atoms with van der Waals surface area (Å²) in [6.07, 6.45) is 2.95. The second-order valence-electron chi connectivity index (χ2n) is 7.73. The van der Waals surface area contributed by atoms with Gasteiger partial charge < -0.3 is 5.73 Å². The lowest BCUT2D eigenvalue weighted by molar-refractivity contribution is 0.333. The largest absolute Gasteiger partial charge is 0.330 e. The molecule has 130 valence electrons. The van der Waals surface area contributed by atoms with E-state index in [9.17, 15) is 4.79 Å².